The molecule has 0 amide bonds. The molecule has 1 radical (unpaired) electrons. The van der Waals surface area contributed by atoms with Crippen LogP contribution in [0.1, 0.15) is 31.4 Å². The second kappa shape index (κ2) is 13.6. The molecule has 153 valence electrons. The van der Waals surface area contributed by atoms with Gasteiger partial charge in [-0.1, -0.05) is 31.7 Å². The summed E-state index contributed by atoms with van der Waals surface area (Å²) < 4.78 is 0. The van der Waals surface area contributed by atoms with Crippen molar-refractivity contribution in [3.63, 3.8) is 0 Å². The largest absolute Gasteiger partial charge is 3.00 e. The molecule has 7 heteroatoms. The topological polar surface area (TPSA) is 68.7 Å². The minimum Gasteiger partial charge on any atom is -0.853 e. The number of pyridine rings is 1. The molecule has 2 unspecified atom stereocenters. The van der Waals surface area contributed by atoms with Crippen LogP contribution in [0.4, 0.5) is 0 Å². The second-order valence-corrected chi connectivity index (χ2v) is 7.57. The number of hydrogen-bond donors (Lipinski definition) is 0. The zero-order chi connectivity index (χ0) is 18.8. The van der Waals surface area contributed by atoms with E-state index in [9.17, 15) is 10.2 Å². The normalized spacial score (nSPS) is 25.9. The maximum Gasteiger partial charge on any atom is 3.00 e. The van der Waals surface area contributed by atoms with E-state index in [1.807, 2.05) is 12.3 Å². The van der Waals surface area contributed by atoms with E-state index in [1.165, 1.54) is 5.69 Å². The van der Waals surface area contributed by atoms with Gasteiger partial charge in [-0.2, -0.15) is 0 Å². The quantitative estimate of drug-likeness (QED) is 0.619. The Balaban J connectivity index is 0.000000342. The third-order valence-electron chi connectivity index (χ3n) is 5.21. The van der Waals surface area contributed by atoms with E-state index in [-0.39, 0.29) is 17.1 Å². The molecule has 0 spiro atoms. The molecule has 3 rings (SSSR count). The maximum atomic E-state index is 10.6. The molecule has 1 aromatic rings. The Hall–Kier alpha value is -0.531. The summed E-state index contributed by atoms with van der Waals surface area (Å²) in [6.45, 7) is 7.81. The average Bonchev–Trinajstić information content (AvgIpc) is 2.72. The molecule has 1 aliphatic heterocycles. The first kappa shape index (κ1) is 24.5. The van der Waals surface area contributed by atoms with E-state index in [0.29, 0.717) is 12.8 Å². The number of nitrogens with zero attached hydrogens (tertiary/aromatic N) is 4. The fraction of sp³-hybridized carbons (Fsp3) is 0.750. The van der Waals surface area contributed by atoms with Crippen molar-refractivity contribution in [3.8, 4) is 0 Å². The van der Waals surface area contributed by atoms with Crippen molar-refractivity contribution < 1.29 is 27.3 Å². The van der Waals surface area contributed by atoms with Gasteiger partial charge in [0.15, 0.2) is 0 Å². The van der Waals surface area contributed by atoms with Crippen LogP contribution in [0.5, 0.6) is 0 Å². The van der Waals surface area contributed by atoms with Gasteiger partial charge in [-0.25, -0.2) is 0 Å². The van der Waals surface area contributed by atoms with Crippen LogP contribution in [-0.2, 0) is 23.6 Å². The summed E-state index contributed by atoms with van der Waals surface area (Å²) in [6, 6.07) is 6.15. The Morgan fingerprint density at radius 2 is 1.41 bits per heavy atom. The predicted octanol–water partition coefficient (Wildman–Crippen LogP) is -0.223. The van der Waals surface area contributed by atoms with Gasteiger partial charge in [-0.05, 0) is 26.2 Å². The van der Waals surface area contributed by atoms with Crippen molar-refractivity contribution in [1.82, 2.24) is 19.7 Å². The minimum atomic E-state index is -0.802. The molecule has 0 aromatic carbocycles. The third kappa shape index (κ3) is 9.99. The van der Waals surface area contributed by atoms with Gasteiger partial charge in [-0.15, -0.1) is 12.2 Å². The second-order valence-electron chi connectivity index (χ2n) is 7.57. The maximum absolute atomic E-state index is 10.6. The Kier molecular flexibility index (Phi) is 12.4. The summed E-state index contributed by atoms with van der Waals surface area (Å²) >= 11 is 0. The molecule has 2 atom stereocenters. The molecule has 27 heavy (non-hydrogen) atoms. The standard InChI is InChI=1S/C14H24N4.C6H10O2.Fe/c1-16-7-8-17(2)10-12-18(11-9-16)13-14-5-3-4-6-15-14;7-5-3-1-2-4-6(5)8;/h3-6H,7-13H2,1-2H3;5-6H,1-4H2;/q;-2;+3. The van der Waals surface area contributed by atoms with Gasteiger partial charge in [0.1, 0.15) is 0 Å². The summed E-state index contributed by atoms with van der Waals surface area (Å²) in [5.41, 5.74) is 1.17. The molecule has 6 nitrogen and oxygen atoms in total. The minimum absolute atomic E-state index is 0. The van der Waals surface area contributed by atoms with Crippen LogP contribution >= 0.6 is 0 Å². The number of likely N-dealkylation sites (N-methyl/N-ethyl adjacent to an activating group) is 2. The first-order chi connectivity index (χ1) is 12.5. The Bertz CT molecular complexity index is 470. The molecule has 2 fully saturated rings. The number of hydrogen-bond acceptors (Lipinski definition) is 6. The fourth-order valence-electron chi connectivity index (χ4n) is 3.24. The van der Waals surface area contributed by atoms with E-state index < -0.39 is 12.2 Å². The van der Waals surface area contributed by atoms with Gasteiger partial charge in [0.2, 0.25) is 0 Å². The van der Waals surface area contributed by atoms with E-state index in [4.69, 9.17) is 0 Å². The van der Waals surface area contributed by atoms with E-state index in [1.54, 1.807) is 0 Å². The first-order valence-electron chi connectivity index (χ1n) is 9.85. The van der Waals surface area contributed by atoms with Crippen molar-refractivity contribution >= 4 is 0 Å². The van der Waals surface area contributed by atoms with Gasteiger partial charge >= 0.3 is 17.1 Å². The summed E-state index contributed by atoms with van der Waals surface area (Å²) in [6.07, 6.45) is 3.42. The summed E-state index contributed by atoms with van der Waals surface area (Å²) in [7, 11) is 4.41. The summed E-state index contributed by atoms with van der Waals surface area (Å²) in [5, 5.41) is 21.1. The van der Waals surface area contributed by atoms with Crippen molar-refractivity contribution in [2.24, 2.45) is 0 Å². The Labute approximate surface area is 175 Å². The van der Waals surface area contributed by atoms with Gasteiger partial charge in [0.25, 0.3) is 0 Å². The van der Waals surface area contributed by atoms with Crippen LogP contribution in [0.3, 0.4) is 0 Å². The molecule has 0 bridgehead atoms. The molecule has 0 N–H and O–H groups in total. The monoisotopic (exact) mass is 418 g/mol. The zero-order valence-corrected chi connectivity index (χ0v) is 17.8. The summed E-state index contributed by atoms with van der Waals surface area (Å²) in [5.74, 6) is 0. The number of aromatic nitrogens is 1. The molecule has 1 aromatic heterocycles. The average molecular weight is 418 g/mol. The van der Waals surface area contributed by atoms with Crippen molar-refractivity contribution in [2.75, 3.05) is 53.4 Å². The van der Waals surface area contributed by atoms with Crippen molar-refractivity contribution in [2.45, 2.75) is 44.4 Å². The van der Waals surface area contributed by atoms with Gasteiger partial charge in [-0.3, -0.25) is 9.88 Å². The first-order valence-corrected chi connectivity index (χ1v) is 9.85. The van der Waals surface area contributed by atoms with Crippen LogP contribution in [0.25, 0.3) is 0 Å². The van der Waals surface area contributed by atoms with Crippen LogP contribution in [0.15, 0.2) is 24.4 Å². The van der Waals surface area contributed by atoms with Crippen molar-refractivity contribution in [3.05, 3.63) is 30.1 Å². The van der Waals surface area contributed by atoms with Crippen LogP contribution in [0, 0.1) is 0 Å². The Morgan fingerprint density at radius 3 is 1.85 bits per heavy atom. The van der Waals surface area contributed by atoms with E-state index in [2.05, 4.69) is 45.9 Å². The zero-order valence-electron chi connectivity index (χ0n) is 16.7. The van der Waals surface area contributed by atoms with Crippen LogP contribution < -0.4 is 10.2 Å². The van der Waals surface area contributed by atoms with E-state index >= 15 is 0 Å². The molecular formula is C20H34FeN4O2+. The SMILES string of the molecule is CN1CCN(C)CCN(Cc2ccccn2)CC1.[Fe+3].[O-]C1CCCCC1[O-]. The predicted molar refractivity (Wildman–Crippen MR) is 101 cm³/mol. The van der Waals surface area contributed by atoms with Crippen LogP contribution in [-0.4, -0.2) is 85.3 Å². The fourth-order valence-corrected chi connectivity index (χ4v) is 3.24. The van der Waals surface area contributed by atoms with Gasteiger partial charge in [0, 0.05) is 52.0 Å². The molecule has 1 saturated carbocycles. The molecule has 2 aliphatic rings. The van der Waals surface area contributed by atoms with Gasteiger partial charge < -0.3 is 20.0 Å². The number of rotatable bonds is 2. The Morgan fingerprint density at radius 1 is 0.889 bits per heavy atom. The molecule has 1 saturated heterocycles. The van der Waals surface area contributed by atoms with Crippen molar-refractivity contribution in [1.29, 1.82) is 0 Å². The van der Waals surface area contributed by atoms with Gasteiger partial charge in [0.05, 0.1) is 5.69 Å². The smallest absolute Gasteiger partial charge is 0.853 e. The molecule has 2 heterocycles. The summed E-state index contributed by atoms with van der Waals surface area (Å²) in [4.78, 5) is 11.7. The molecule has 1 aliphatic carbocycles. The van der Waals surface area contributed by atoms with Crippen LogP contribution in [0.2, 0.25) is 0 Å². The third-order valence-corrected chi connectivity index (χ3v) is 5.21. The molecular weight excluding hydrogens is 384 g/mol. The van der Waals surface area contributed by atoms with E-state index in [0.717, 1.165) is 58.7 Å².